The first kappa shape index (κ1) is 13.3. The Hall–Kier alpha value is -1.10. The Morgan fingerprint density at radius 3 is 2.56 bits per heavy atom. The van der Waals surface area contributed by atoms with E-state index in [0.717, 1.165) is 32.0 Å². The van der Waals surface area contributed by atoms with Crippen molar-refractivity contribution in [3.05, 3.63) is 29.3 Å². The molecule has 0 spiro atoms. The van der Waals surface area contributed by atoms with Gasteiger partial charge < -0.3 is 15.0 Å². The summed E-state index contributed by atoms with van der Waals surface area (Å²) < 4.78 is 5.29. The molecule has 1 fully saturated rings. The van der Waals surface area contributed by atoms with E-state index in [0.29, 0.717) is 5.02 Å². The molecule has 0 radical (unpaired) electrons. The zero-order valence-electron chi connectivity index (χ0n) is 10.4. The summed E-state index contributed by atoms with van der Waals surface area (Å²) in [6.45, 7) is 5.18. The molecule has 1 atom stereocenters. The monoisotopic (exact) mass is 269 g/mol. The molecule has 2 N–H and O–H groups in total. The maximum atomic E-state index is 12.1. The maximum Gasteiger partial charge on any atom is 0.282 e. The first-order valence-electron chi connectivity index (χ1n) is 6.15. The summed E-state index contributed by atoms with van der Waals surface area (Å²) in [6, 6.07) is 7.08. The van der Waals surface area contributed by atoms with Gasteiger partial charge in [0.15, 0.2) is 6.04 Å². The van der Waals surface area contributed by atoms with Crippen molar-refractivity contribution in [3.8, 4) is 0 Å². The van der Waals surface area contributed by atoms with Crippen LogP contribution in [0.5, 0.6) is 0 Å². The summed E-state index contributed by atoms with van der Waals surface area (Å²) in [5.41, 5.74) is 0.781. The topological polar surface area (TPSA) is 42.8 Å². The van der Waals surface area contributed by atoms with Crippen molar-refractivity contribution < 1.29 is 14.4 Å². The van der Waals surface area contributed by atoms with Gasteiger partial charge in [-0.2, -0.15) is 0 Å². The number of carbonyl (C=O) groups excluding carboxylic acids is 1. The van der Waals surface area contributed by atoms with Gasteiger partial charge in [0.1, 0.15) is 13.1 Å². The van der Waals surface area contributed by atoms with Gasteiger partial charge in [0.2, 0.25) is 0 Å². The highest BCUT2D eigenvalue weighted by Gasteiger charge is 2.26. The van der Waals surface area contributed by atoms with Crippen molar-refractivity contribution in [2.45, 2.75) is 13.0 Å². The number of nitrogens with one attached hydrogen (secondary N) is 2. The van der Waals surface area contributed by atoms with Crippen molar-refractivity contribution in [1.29, 1.82) is 0 Å². The van der Waals surface area contributed by atoms with Crippen LogP contribution in [0.25, 0.3) is 0 Å². The van der Waals surface area contributed by atoms with Gasteiger partial charge in [-0.05, 0) is 31.2 Å². The van der Waals surface area contributed by atoms with Gasteiger partial charge in [-0.25, -0.2) is 0 Å². The normalized spacial score (nSPS) is 18.3. The van der Waals surface area contributed by atoms with Crippen LogP contribution in [0.1, 0.15) is 6.92 Å². The molecule has 1 aliphatic rings. The first-order valence-corrected chi connectivity index (χ1v) is 6.53. The third-order valence-electron chi connectivity index (χ3n) is 3.25. The van der Waals surface area contributed by atoms with E-state index in [1.165, 1.54) is 4.90 Å². The fourth-order valence-electron chi connectivity index (χ4n) is 2.04. The minimum Gasteiger partial charge on any atom is -0.370 e. The predicted octanol–water partition coefficient (Wildman–Crippen LogP) is 0.582. The summed E-state index contributed by atoms with van der Waals surface area (Å²) in [5, 5.41) is 3.57. The Labute approximate surface area is 112 Å². The molecule has 0 aromatic heterocycles. The van der Waals surface area contributed by atoms with Crippen molar-refractivity contribution in [3.63, 3.8) is 0 Å². The average molecular weight is 270 g/mol. The lowest BCUT2D eigenvalue weighted by molar-refractivity contribution is -0.921. The Kier molecular flexibility index (Phi) is 4.58. The quantitative estimate of drug-likeness (QED) is 0.843. The second-order valence-corrected chi connectivity index (χ2v) is 4.92. The number of rotatable bonds is 3. The van der Waals surface area contributed by atoms with E-state index in [-0.39, 0.29) is 11.9 Å². The van der Waals surface area contributed by atoms with Gasteiger partial charge in [0.05, 0.1) is 13.2 Å². The highest BCUT2D eigenvalue weighted by Crippen LogP contribution is 2.13. The van der Waals surface area contributed by atoms with Gasteiger partial charge in [0.25, 0.3) is 5.91 Å². The average Bonchev–Trinajstić information content (AvgIpc) is 2.41. The molecule has 0 saturated carbocycles. The molecule has 0 bridgehead atoms. The summed E-state index contributed by atoms with van der Waals surface area (Å²) >= 11 is 5.80. The number of halogens is 1. The second kappa shape index (κ2) is 6.18. The number of anilines is 1. The van der Waals surface area contributed by atoms with Crippen LogP contribution in [0.4, 0.5) is 5.69 Å². The minimum atomic E-state index is -0.0652. The fraction of sp³-hybridized carbons (Fsp3) is 0.462. The SMILES string of the molecule is C[C@H](C(=O)Nc1ccc(Cl)cc1)[NH+]1CCOCC1. The number of hydrogen-bond donors (Lipinski definition) is 2. The van der Waals surface area contributed by atoms with Gasteiger partial charge >= 0.3 is 0 Å². The van der Waals surface area contributed by atoms with E-state index in [1.54, 1.807) is 12.1 Å². The summed E-state index contributed by atoms with van der Waals surface area (Å²) in [6.07, 6.45) is 0. The molecule has 98 valence electrons. The van der Waals surface area contributed by atoms with E-state index >= 15 is 0 Å². The molecule has 1 saturated heterocycles. The van der Waals surface area contributed by atoms with Crippen molar-refractivity contribution in [2.75, 3.05) is 31.6 Å². The zero-order chi connectivity index (χ0) is 13.0. The van der Waals surface area contributed by atoms with Gasteiger partial charge in [0, 0.05) is 10.7 Å². The molecule has 4 nitrogen and oxygen atoms in total. The molecule has 0 aliphatic carbocycles. The molecular weight excluding hydrogens is 252 g/mol. The number of quaternary nitrogens is 1. The largest absolute Gasteiger partial charge is 0.370 e. The highest BCUT2D eigenvalue weighted by molar-refractivity contribution is 6.30. The van der Waals surface area contributed by atoms with Crippen LogP contribution in [0.15, 0.2) is 24.3 Å². The number of hydrogen-bond acceptors (Lipinski definition) is 2. The lowest BCUT2D eigenvalue weighted by Gasteiger charge is -2.28. The lowest BCUT2D eigenvalue weighted by atomic mass is 10.2. The van der Waals surface area contributed by atoms with Crippen molar-refractivity contribution >= 4 is 23.2 Å². The molecule has 0 unspecified atom stereocenters. The van der Waals surface area contributed by atoms with Crippen LogP contribution in [0, 0.1) is 0 Å². The van der Waals surface area contributed by atoms with E-state index < -0.39 is 0 Å². The maximum absolute atomic E-state index is 12.1. The Morgan fingerprint density at radius 2 is 1.94 bits per heavy atom. The lowest BCUT2D eigenvalue weighted by Crippen LogP contribution is -3.18. The Morgan fingerprint density at radius 1 is 1.33 bits per heavy atom. The summed E-state index contributed by atoms with van der Waals surface area (Å²) in [5.74, 6) is 0.0363. The van der Waals surface area contributed by atoms with Crippen LogP contribution in [-0.4, -0.2) is 38.3 Å². The summed E-state index contributed by atoms with van der Waals surface area (Å²) in [4.78, 5) is 13.4. The molecule has 1 amide bonds. The summed E-state index contributed by atoms with van der Waals surface area (Å²) in [7, 11) is 0. The van der Waals surface area contributed by atoms with Crippen molar-refractivity contribution in [1.82, 2.24) is 0 Å². The minimum absolute atomic E-state index is 0.0363. The highest BCUT2D eigenvalue weighted by atomic mass is 35.5. The van der Waals surface area contributed by atoms with Crippen LogP contribution in [0.3, 0.4) is 0 Å². The molecular formula is C13H18ClN2O2+. The molecule has 1 aromatic carbocycles. The number of carbonyl (C=O) groups is 1. The van der Waals surface area contributed by atoms with Crippen LogP contribution in [0.2, 0.25) is 5.02 Å². The van der Waals surface area contributed by atoms with Crippen LogP contribution in [-0.2, 0) is 9.53 Å². The van der Waals surface area contributed by atoms with Crippen LogP contribution >= 0.6 is 11.6 Å². The van der Waals surface area contributed by atoms with Crippen molar-refractivity contribution in [2.24, 2.45) is 0 Å². The van der Waals surface area contributed by atoms with Gasteiger partial charge in [-0.3, -0.25) is 4.79 Å². The molecule has 1 heterocycles. The Balaban J connectivity index is 1.92. The number of morpholine rings is 1. The molecule has 5 heteroatoms. The van der Waals surface area contributed by atoms with Gasteiger partial charge in [-0.15, -0.1) is 0 Å². The smallest absolute Gasteiger partial charge is 0.282 e. The third kappa shape index (κ3) is 3.45. The molecule has 18 heavy (non-hydrogen) atoms. The van der Waals surface area contributed by atoms with E-state index in [4.69, 9.17) is 16.3 Å². The number of amides is 1. The third-order valence-corrected chi connectivity index (χ3v) is 3.50. The van der Waals surface area contributed by atoms with Gasteiger partial charge in [-0.1, -0.05) is 11.6 Å². The molecule has 1 aliphatic heterocycles. The first-order chi connectivity index (χ1) is 8.66. The van der Waals surface area contributed by atoms with E-state index in [1.807, 2.05) is 19.1 Å². The number of ether oxygens (including phenoxy) is 1. The fourth-order valence-corrected chi connectivity index (χ4v) is 2.16. The van der Waals surface area contributed by atoms with E-state index in [2.05, 4.69) is 5.32 Å². The predicted molar refractivity (Wildman–Crippen MR) is 71.1 cm³/mol. The van der Waals surface area contributed by atoms with Crippen LogP contribution < -0.4 is 10.2 Å². The second-order valence-electron chi connectivity index (χ2n) is 4.49. The zero-order valence-corrected chi connectivity index (χ0v) is 11.2. The van der Waals surface area contributed by atoms with E-state index in [9.17, 15) is 4.79 Å². The molecule has 1 aromatic rings. The standard InChI is InChI=1S/C13H17ClN2O2/c1-10(16-6-8-18-9-7-16)13(17)15-12-4-2-11(14)3-5-12/h2-5,10H,6-9H2,1H3,(H,15,17)/p+1/t10-/m1/s1. The molecule has 2 rings (SSSR count). The Bertz CT molecular complexity index is 402. The number of benzene rings is 1.